The van der Waals surface area contributed by atoms with Gasteiger partial charge in [0.2, 0.25) is 5.95 Å². The number of fused-ring (bicyclic) bond motifs is 1. The van der Waals surface area contributed by atoms with Gasteiger partial charge in [0.1, 0.15) is 5.82 Å². The van der Waals surface area contributed by atoms with Crippen LogP contribution in [0.2, 0.25) is 0 Å². The first-order chi connectivity index (χ1) is 18.7. The molecule has 2 aliphatic rings. The summed E-state index contributed by atoms with van der Waals surface area (Å²) in [5, 5.41) is 3.44. The molecule has 0 saturated carbocycles. The summed E-state index contributed by atoms with van der Waals surface area (Å²) in [6.07, 6.45) is 5.28. The first-order valence-corrected chi connectivity index (χ1v) is 13.7. The molecule has 3 N–H and O–H groups in total. The van der Waals surface area contributed by atoms with Gasteiger partial charge in [-0.25, -0.2) is 24.9 Å². The molecule has 0 bridgehead atoms. The Morgan fingerprint density at radius 2 is 1.63 bits per heavy atom. The van der Waals surface area contributed by atoms with E-state index in [0.29, 0.717) is 19.0 Å². The van der Waals surface area contributed by atoms with Crippen LogP contribution in [0.5, 0.6) is 0 Å². The highest BCUT2D eigenvalue weighted by molar-refractivity contribution is 7.23. The second-order valence-corrected chi connectivity index (χ2v) is 10.4. The van der Waals surface area contributed by atoms with E-state index in [2.05, 4.69) is 38.1 Å². The zero-order valence-electron chi connectivity index (χ0n) is 21.4. The monoisotopic (exact) mass is 533 g/mol. The van der Waals surface area contributed by atoms with Crippen LogP contribution in [0, 0.1) is 6.92 Å². The summed E-state index contributed by atoms with van der Waals surface area (Å²) >= 11 is 1.71. The van der Waals surface area contributed by atoms with Gasteiger partial charge in [0.15, 0.2) is 11.6 Å². The third-order valence-corrected chi connectivity index (χ3v) is 8.18. The molecule has 0 spiro atoms. The second-order valence-electron chi connectivity index (χ2n) is 9.35. The lowest BCUT2D eigenvalue weighted by Gasteiger charge is -2.28. The minimum atomic E-state index is 0.226. The SMILES string of the molecule is Cc1c(-c2ccc(NCCN3CCOCC3)nc2)sc2c(N3CCOCC3)nc(-c3cnc(N)nc3)nc12. The molecule has 2 aliphatic heterocycles. The van der Waals surface area contributed by atoms with Gasteiger partial charge in [-0.3, -0.25) is 4.90 Å². The predicted molar refractivity (Wildman–Crippen MR) is 150 cm³/mol. The number of thiophene rings is 1. The predicted octanol–water partition coefficient (Wildman–Crippen LogP) is 2.68. The van der Waals surface area contributed by atoms with E-state index in [0.717, 1.165) is 95.9 Å². The number of nitrogens with two attached hydrogens (primary N) is 1. The summed E-state index contributed by atoms with van der Waals surface area (Å²) in [5.41, 5.74) is 9.54. The Bertz CT molecular complexity index is 1380. The van der Waals surface area contributed by atoms with Crippen molar-refractivity contribution in [3.8, 4) is 21.8 Å². The number of ether oxygens (including phenoxy) is 2. The van der Waals surface area contributed by atoms with Crippen molar-refractivity contribution < 1.29 is 9.47 Å². The highest BCUT2D eigenvalue weighted by Gasteiger charge is 2.23. The van der Waals surface area contributed by atoms with Gasteiger partial charge in [0, 0.05) is 68.3 Å². The largest absolute Gasteiger partial charge is 0.379 e. The Balaban J connectivity index is 1.29. The van der Waals surface area contributed by atoms with Gasteiger partial charge in [-0.05, 0) is 24.6 Å². The van der Waals surface area contributed by atoms with Crippen molar-refractivity contribution in [3.05, 3.63) is 36.3 Å². The molecular weight excluding hydrogens is 502 g/mol. The molecule has 38 heavy (non-hydrogen) atoms. The summed E-state index contributed by atoms with van der Waals surface area (Å²) in [4.78, 5) is 28.7. The van der Waals surface area contributed by atoms with E-state index in [9.17, 15) is 0 Å². The van der Waals surface area contributed by atoms with Gasteiger partial charge in [0.05, 0.1) is 42.2 Å². The quantitative estimate of drug-likeness (QED) is 0.364. The molecule has 6 heterocycles. The third-order valence-electron chi connectivity index (χ3n) is 6.85. The van der Waals surface area contributed by atoms with Crippen LogP contribution in [-0.4, -0.2) is 95.5 Å². The van der Waals surface area contributed by atoms with Gasteiger partial charge in [-0.1, -0.05) is 0 Å². The van der Waals surface area contributed by atoms with Gasteiger partial charge in [-0.2, -0.15) is 0 Å². The minimum absolute atomic E-state index is 0.226. The van der Waals surface area contributed by atoms with Crippen LogP contribution in [0.25, 0.3) is 32.0 Å². The van der Waals surface area contributed by atoms with E-state index in [1.165, 1.54) is 0 Å². The zero-order chi connectivity index (χ0) is 25.9. The average molecular weight is 534 g/mol. The standard InChI is InChI=1S/C26H31N9O2S/c1-17-21-23(25(35-8-12-37-13-9-35)33-24(32-21)19-15-30-26(27)31-16-19)38-22(17)18-2-3-20(29-14-18)28-4-5-34-6-10-36-11-7-34/h2-3,14-16H,4-13H2,1H3,(H,28,29)(H2,27,30,31). The van der Waals surface area contributed by atoms with Gasteiger partial charge in [-0.15, -0.1) is 11.3 Å². The van der Waals surface area contributed by atoms with Crippen molar-refractivity contribution in [1.29, 1.82) is 0 Å². The number of hydrogen-bond donors (Lipinski definition) is 2. The molecule has 0 atom stereocenters. The molecule has 0 radical (unpaired) electrons. The van der Waals surface area contributed by atoms with Crippen molar-refractivity contribution in [1.82, 2.24) is 29.8 Å². The molecular formula is C26H31N9O2S. The number of nitrogens with one attached hydrogen (secondary N) is 1. The molecule has 0 aliphatic carbocycles. The fourth-order valence-electron chi connectivity index (χ4n) is 4.72. The number of hydrogen-bond acceptors (Lipinski definition) is 12. The molecule has 198 valence electrons. The lowest BCUT2D eigenvalue weighted by atomic mass is 10.1. The number of aryl methyl sites for hydroxylation is 1. The number of pyridine rings is 1. The fraction of sp³-hybridized carbons (Fsp3) is 0.423. The molecule has 0 amide bonds. The van der Waals surface area contributed by atoms with E-state index >= 15 is 0 Å². The van der Waals surface area contributed by atoms with Crippen molar-refractivity contribution in [2.75, 3.05) is 81.6 Å². The van der Waals surface area contributed by atoms with E-state index in [1.807, 2.05) is 12.3 Å². The molecule has 0 unspecified atom stereocenters. The molecule has 4 aromatic rings. The maximum absolute atomic E-state index is 5.70. The van der Waals surface area contributed by atoms with E-state index in [1.54, 1.807) is 23.7 Å². The lowest BCUT2D eigenvalue weighted by Crippen LogP contribution is -2.39. The molecule has 4 aromatic heterocycles. The topological polar surface area (TPSA) is 127 Å². The van der Waals surface area contributed by atoms with Crippen molar-refractivity contribution in [2.24, 2.45) is 0 Å². The number of nitrogens with zero attached hydrogens (tertiary/aromatic N) is 7. The lowest BCUT2D eigenvalue weighted by molar-refractivity contribution is 0.0398. The van der Waals surface area contributed by atoms with Crippen LogP contribution in [0.15, 0.2) is 30.7 Å². The first kappa shape index (κ1) is 24.9. The molecule has 12 heteroatoms. The van der Waals surface area contributed by atoms with Crippen LogP contribution < -0.4 is 16.0 Å². The molecule has 2 saturated heterocycles. The Kier molecular flexibility index (Phi) is 7.27. The maximum Gasteiger partial charge on any atom is 0.219 e. The van der Waals surface area contributed by atoms with Crippen LogP contribution in [-0.2, 0) is 9.47 Å². The fourth-order valence-corrected chi connectivity index (χ4v) is 5.97. The molecule has 0 aromatic carbocycles. The average Bonchev–Trinajstić information content (AvgIpc) is 3.30. The summed E-state index contributed by atoms with van der Waals surface area (Å²) < 4.78 is 12.1. The van der Waals surface area contributed by atoms with Crippen LogP contribution in [0.3, 0.4) is 0 Å². The van der Waals surface area contributed by atoms with Crippen molar-refractivity contribution >= 4 is 39.1 Å². The smallest absolute Gasteiger partial charge is 0.219 e. The van der Waals surface area contributed by atoms with Crippen LogP contribution in [0.1, 0.15) is 5.56 Å². The number of morpholine rings is 2. The van der Waals surface area contributed by atoms with Crippen molar-refractivity contribution in [3.63, 3.8) is 0 Å². The summed E-state index contributed by atoms with van der Waals surface area (Å²) in [6.45, 7) is 10.5. The Morgan fingerprint density at radius 3 is 2.34 bits per heavy atom. The normalized spacial score (nSPS) is 16.7. The Hall–Kier alpha value is -3.45. The van der Waals surface area contributed by atoms with E-state index in [4.69, 9.17) is 30.2 Å². The van der Waals surface area contributed by atoms with E-state index in [-0.39, 0.29) is 5.95 Å². The number of nitrogen functional groups attached to an aromatic ring is 1. The highest BCUT2D eigenvalue weighted by Crippen LogP contribution is 2.42. The summed E-state index contributed by atoms with van der Waals surface area (Å²) in [5.74, 6) is 2.60. The molecule has 11 nitrogen and oxygen atoms in total. The van der Waals surface area contributed by atoms with Gasteiger partial charge >= 0.3 is 0 Å². The minimum Gasteiger partial charge on any atom is -0.379 e. The van der Waals surface area contributed by atoms with E-state index < -0.39 is 0 Å². The van der Waals surface area contributed by atoms with Gasteiger partial charge < -0.3 is 25.4 Å². The summed E-state index contributed by atoms with van der Waals surface area (Å²) in [7, 11) is 0. The number of anilines is 3. The van der Waals surface area contributed by atoms with Gasteiger partial charge in [0.25, 0.3) is 0 Å². The molecule has 2 fully saturated rings. The van der Waals surface area contributed by atoms with Crippen LogP contribution >= 0.6 is 11.3 Å². The summed E-state index contributed by atoms with van der Waals surface area (Å²) in [6, 6.07) is 4.17. The zero-order valence-corrected chi connectivity index (χ0v) is 22.2. The first-order valence-electron chi connectivity index (χ1n) is 12.9. The highest BCUT2D eigenvalue weighted by atomic mass is 32.1. The van der Waals surface area contributed by atoms with Crippen LogP contribution in [0.4, 0.5) is 17.6 Å². The number of aromatic nitrogens is 5. The molecule has 6 rings (SSSR count). The third kappa shape index (κ3) is 5.25. The second kappa shape index (κ2) is 11.1. The maximum atomic E-state index is 5.70. The van der Waals surface area contributed by atoms with Crippen molar-refractivity contribution in [2.45, 2.75) is 6.92 Å². The Morgan fingerprint density at radius 1 is 0.921 bits per heavy atom. The Labute approximate surface area is 225 Å². The number of rotatable bonds is 7.